The summed E-state index contributed by atoms with van der Waals surface area (Å²) in [5.74, 6) is -1.16. The first kappa shape index (κ1) is 23.9. The van der Waals surface area contributed by atoms with Crippen molar-refractivity contribution >= 4 is 11.9 Å². The Kier molecular flexibility index (Phi) is 12.5. The van der Waals surface area contributed by atoms with Gasteiger partial charge in [0, 0.05) is 0 Å². The minimum atomic E-state index is -1.25. The maximum absolute atomic E-state index is 12.1. The Morgan fingerprint density at radius 2 is 1.80 bits per heavy atom. The summed E-state index contributed by atoms with van der Waals surface area (Å²) in [5, 5.41) is 19.2. The van der Waals surface area contributed by atoms with Gasteiger partial charge in [0.25, 0.3) is 0 Å². The highest BCUT2D eigenvalue weighted by molar-refractivity contribution is 5.72. The average molecular weight is 360 g/mol. The van der Waals surface area contributed by atoms with Gasteiger partial charge < -0.3 is 19.7 Å². The van der Waals surface area contributed by atoms with Gasteiger partial charge in [0.1, 0.15) is 6.61 Å². The van der Waals surface area contributed by atoms with Gasteiger partial charge in [-0.1, -0.05) is 53.4 Å². The third kappa shape index (κ3) is 9.80. The number of aliphatic hydroxyl groups excluding tert-OH is 2. The van der Waals surface area contributed by atoms with Crippen molar-refractivity contribution in [1.29, 1.82) is 0 Å². The van der Waals surface area contributed by atoms with Gasteiger partial charge in [-0.2, -0.15) is 0 Å². The number of aliphatic hydroxyl groups is 2. The smallest absolute Gasteiger partial charge is 0.309 e. The number of hydrogen-bond donors (Lipinski definition) is 2. The summed E-state index contributed by atoms with van der Waals surface area (Å²) < 4.78 is 10.6. The Balaban J connectivity index is 4.49. The summed E-state index contributed by atoms with van der Waals surface area (Å²) in [6.07, 6.45) is 4.99. The van der Waals surface area contributed by atoms with Gasteiger partial charge in [-0.15, -0.1) is 0 Å². The van der Waals surface area contributed by atoms with Crippen LogP contribution in [-0.4, -0.2) is 47.1 Å². The van der Waals surface area contributed by atoms with Crippen LogP contribution in [0.2, 0.25) is 0 Å². The maximum Gasteiger partial charge on any atom is 0.309 e. The van der Waals surface area contributed by atoms with E-state index in [9.17, 15) is 19.8 Å². The molecule has 0 aliphatic heterocycles. The number of unbranched alkanes of at least 4 members (excludes halogenated alkanes) is 3. The predicted octanol–water partition coefficient (Wildman–Crippen LogP) is 2.98. The average Bonchev–Trinajstić information content (AvgIpc) is 2.61. The third-order valence-corrected chi connectivity index (χ3v) is 4.51. The molecule has 0 aromatic heterocycles. The molecule has 0 rings (SSSR count). The van der Waals surface area contributed by atoms with Gasteiger partial charge in [-0.25, -0.2) is 0 Å². The predicted molar refractivity (Wildman–Crippen MR) is 96.0 cm³/mol. The van der Waals surface area contributed by atoms with Crippen molar-refractivity contribution in [3.8, 4) is 0 Å². The lowest BCUT2D eigenvalue weighted by molar-refractivity contribution is -0.182. The molecule has 6 heteroatoms. The van der Waals surface area contributed by atoms with Gasteiger partial charge in [-0.05, 0) is 19.3 Å². The summed E-state index contributed by atoms with van der Waals surface area (Å²) >= 11 is 0. The van der Waals surface area contributed by atoms with Crippen LogP contribution in [0.3, 0.4) is 0 Å². The molecule has 148 valence electrons. The van der Waals surface area contributed by atoms with Gasteiger partial charge in [-0.3, -0.25) is 9.59 Å². The van der Waals surface area contributed by atoms with Crippen molar-refractivity contribution in [2.24, 2.45) is 5.92 Å². The molecule has 0 aliphatic carbocycles. The fourth-order valence-electron chi connectivity index (χ4n) is 2.35. The molecule has 0 aliphatic rings. The number of esters is 2. The van der Waals surface area contributed by atoms with Gasteiger partial charge in [0.05, 0.1) is 25.0 Å². The molecular weight excluding hydrogens is 324 g/mol. The van der Waals surface area contributed by atoms with Crippen LogP contribution in [0.5, 0.6) is 0 Å². The Bertz CT molecular complexity index is 378. The van der Waals surface area contributed by atoms with Gasteiger partial charge in [0.15, 0.2) is 5.60 Å². The maximum atomic E-state index is 12.1. The highest BCUT2D eigenvalue weighted by Crippen LogP contribution is 2.20. The largest absolute Gasteiger partial charge is 0.461 e. The molecule has 3 unspecified atom stereocenters. The van der Waals surface area contributed by atoms with Crippen LogP contribution in [0.25, 0.3) is 0 Å². The Labute approximate surface area is 151 Å². The van der Waals surface area contributed by atoms with Crippen molar-refractivity contribution < 1.29 is 29.3 Å². The topological polar surface area (TPSA) is 93.1 Å². The minimum Gasteiger partial charge on any atom is -0.461 e. The van der Waals surface area contributed by atoms with Crippen molar-refractivity contribution in [1.82, 2.24) is 0 Å². The van der Waals surface area contributed by atoms with Crippen LogP contribution in [-0.2, 0) is 19.1 Å². The standard InChI is InChI=1S/C19H36O6/c1-5-8-9-10-11-15(4)18(23)24-14-19(7-3,13-20)25-17(22)12-16(21)6-2/h15-16,20-21H,5-14H2,1-4H3. The zero-order valence-electron chi connectivity index (χ0n) is 16.3. The van der Waals surface area contributed by atoms with Crippen LogP contribution in [0, 0.1) is 5.92 Å². The molecule has 0 bridgehead atoms. The lowest BCUT2D eigenvalue weighted by Crippen LogP contribution is -2.44. The van der Waals surface area contributed by atoms with E-state index in [0.29, 0.717) is 12.8 Å². The number of carbonyl (C=O) groups excluding carboxylic acids is 2. The Hall–Kier alpha value is -1.14. The SMILES string of the molecule is CCCCCCC(C)C(=O)OCC(CC)(CO)OC(=O)CC(O)CC. The lowest BCUT2D eigenvalue weighted by atomic mass is 10.0. The van der Waals surface area contributed by atoms with E-state index in [4.69, 9.17) is 9.47 Å². The monoisotopic (exact) mass is 360 g/mol. The lowest BCUT2D eigenvalue weighted by Gasteiger charge is -2.30. The second-order valence-electron chi connectivity index (χ2n) is 6.79. The van der Waals surface area contributed by atoms with Crippen LogP contribution < -0.4 is 0 Å². The van der Waals surface area contributed by atoms with Crippen LogP contribution in [0.15, 0.2) is 0 Å². The highest BCUT2D eigenvalue weighted by Gasteiger charge is 2.34. The first-order chi connectivity index (χ1) is 11.8. The molecule has 0 aromatic carbocycles. The van der Waals surface area contributed by atoms with E-state index >= 15 is 0 Å². The molecule has 0 saturated carbocycles. The van der Waals surface area contributed by atoms with Crippen LogP contribution >= 0.6 is 0 Å². The van der Waals surface area contributed by atoms with E-state index in [1.807, 2.05) is 6.92 Å². The summed E-state index contributed by atoms with van der Waals surface area (Å²) in [4.78, 5) is 24.0. The number of hydrogen-bond acceptors (Lipinski definition) is 6. The molecule has 6 nitrogen and oxygen atoms in total. The summed E-state index contributed by atoms with van der Waals surface area (Å²) in [6, 6.07) is 0. The molecule has 0 fully saturated rings. The summed E-state index contributed by atoms with van der Waals surface area (Å²) in [6.45, 7) is 6.87. The Morgan fingerprint density at radius 3 is 2.32 bits per heavy atom. The second-order valence-corrected chi connectivity index (χ2v) is 6.79. The molecule has 0 saturated heterocycles. The molecule has 25 heavy (non-hydrogen) atoms. The molecule has 0 radical (unpaired) electrons. The van der Waals surface area contributed by atoms with E-state index in [0.717, 1.165) is 32.1 Å². The van der Waals surface area contributed by atoms with Crippen LogP contribution in [0.1, 0.15) is 79.1 Å². The van der Waals surface area contributed by atoms with E-state index in [-0.39, 0.29) is 24.9 Å². The molecule has 3 atom stereocenters. The molecule has 0 spiro atoms. The van der Waals surface area contributed by atoms with Crippen molar-refractivity contribution in [2.75, 3.05) is 13.2 Å². The van der Waals surface area contributed by atoms with Crippen molar-refractivity contribution in [3.05, 3.63) is 0 Å². The van der Waals surface area contributed by atoms with E-state index in [2.05, 4.69) is 6.92 Å². The zero-order chi connectivity index (χ0) is 19.3. The van der Waals surface area contributed by atoms with Crippen molar-refractivity contribution in [2.45, 2.75) is 90.8 Å². The normalized spacial score (nSPS) is 15.9. The van der Waals surface area contributed by atoms with Crippen molar-refractivity contribution in [3.63, 3.8) is 0 Å². The van der Waals surface area contributed by atoms with E-state index < -0.39 is 24.3 Å². The quantitative estimate of drug-likeness (QED) is 0.365. The number of carbonyl (C=O) groups is 2. The molecule has 0 amide bonds. The Morgan fingerprint density at radius 1 is 1.12 bits per heavy atom. The van der Waals surface area contributed by atoms with E-state index in [1.54, 1.807) is 13.8 Å². The second kappa shape index (κ2) is 13.1. The molecule has 0 heterocycles. The first-order valence-corrected chi connectivity index (χ1v) is 9.51. The zero-order valence-corrected chi connectivity index (χ0v) is 16.3. The molecular formula is C19H36O6. The fraction of sp³-hybridized carbons (Fsp3) is 0.895. The summed E-state index contributed by atoms with van der Waals surface area (Å²) in [5.41, 5.74) is -1.25. The van der Waals surface area contributed by atoms with E-state index in [1.165, 1.54) is 0 Å². The molecule has 2 N–H and O–H groups in total. The van der Waals surface area contributed by atoms with Gasteiger partial charge >= 0.3 is 11.9 Å². The van der Waals surface area contributed by atoms with Gasteiger partial charge in [0.2, 0.25) is 0 Å². The third-order valence-electron chi connectivity index (χ3n) is 4.51. The minimum absolute atomic E-state index is 0.139. The summed E-state index contributed by atoms with van der Waals surface area (Å²) in [7, 11) is 0. The first-order valence-electron chi connectivity index (χ1n) is 9.51. The number of ether oxygens (including phenoxy) is 2. The highest BCUT2D eigenvalue weighted by atomic mass is 16.6. The van der Waals surface area contributed by atoms with Crippen LogP contribution in [0.4, 0.5) is 0 Å². The number of rotatable bonds is 14. The fourth-order valence-corrected chi connectivity index (χ4v) is 2.35. The molecule has 0 aromatic rings.